The lowest BCUT2D eigenvalue weighted by Crippen LogP contribution is -2.23. The summed E-state index contributed by atoms with van der Waals surface area (Å²) in [6.07, 6.45) is 5.21. The second kappa shape index (κ2) is 7.27. The number of pyridine rings is 1. The maximum atomic E-state index is 13.9. The lowest BCUT2D eigenvalue weighted by molar-refractivity contribution is 0.104. The minimum absolute atomic E-state index is 0.112. The van der Waals surface area contributed by atoms with E-state index in [-0.39, 0.29) is 23.5 Å². The molecule has 0 saturated carbocycles. The van der Waals surface area contributed by atoms with Crippen LogP contribution in [0.25, 0.3) is 22.0 Å². The lowest BCUT2D eigenvalue weighted by Gasteiger charge is -2.15. The molecule has 0 radical (unpaired) electrons. The topological polar surface area (TPSA) is 57.5 Å². The number of nitrogens with zero attached hydrogens (tertiary/aromatic N) is 1. The van der Waals surface area contributed by atoms with Crippen LogP contribution in [0.3, 0.4) is 0 Å². The van der Waals surface area contributed by atoms with Gasteiger partial charge in [-0.2, -0.15) is 0 Å². The minimum atomic E-state index is -0.488. The van der Waals surface area contributed by atoms with E-state index in [4.69, 9.17) is 9.47 Å². The smallest absolute Gasteiger partial charge is 0.259 e. The summed E-state index contributed by atoms with van der Waals surface area (Å²) in [7, 11) is 0. The van der Waals surface area contributed by atoms with Gasteiger partial charge in [0.2, 0.25) is 6.79 Å². The van der Waals surface area contributed by atoms with Crippen LogP contribution in [0.1, 0.15) is 54.9 Å². The molecule has 5 rings (SSSR count). The van der Waals surface area contributed by atoms with Gasteiger partial charge in [0.25, 0.3) is 5.56 Å². The van der Waals surface area contributed by atoms with Crippen molar-refractivity contribution in [3.8, 4) is 22.8 Å². The highest BCUT2D eigenvalue weighted by Gasteiger charge is 2.35. The van der Waals surface area contributed by atoms with Gasteiger partial charge in [-0.3, -0.25) is 9.59 Å². The number of unbranched alkanes of at least 4 members (excludes halogenated alkanes) is 4. The van der Waals surface area contributed by atoms with Crippen molar-refractivity contribution in [3.05, 3.63) is 57.6 Å². The number of ketones is 1. The summed E-state index contributed by atoms with van der Waals surface area (Å²) < 4.78 is 26.5. The molecule has 2 aromatic carbocycles. The molecule has 154 valence electrons. The molecular formula is C24H22FNO4. The molecule has 0 fully saturated rings. The van der Waals surface area contributed by atoms with E-state index in [1.54, 1.807) is 16.7 Å². The Hall–Kier alpha value is -3.15. The van der Waals surface area contributed by atoms with E-state index in [0.717, 1.165) is 32.1 Å². The predicted molar refractivity (Wildman–Crippen MR) is 112 cm³/mol. The molecule has 0 N–H and O–H groups in total. The summed E-state index contributed by atoms with van der Waals surface area (Å²) in [5.74, 6) is 0.432. The van der Waals surface area contributed by atoms with Crippen LogP contribution in [0.4, 0.5) is 4.39 Å². The van der Waals surface area contributed by atoms with Gasteiger partial charge in [-0.05, 0) is 30.7 Å². The molecule has 0 spiro atoms. The number of ether oxygens (including phenoxy) is 2. The Bertz CT molecular complexity index is 1240. The van der Waals surface area contributed by atoms with Crippen LogP contribution in [0, 0.1) is 5.82 Å². The molecule has 6 heteroatoms. The maximum Gasteiger partial charge on any atom is 0.259 e. The first-order valence-electron chi connectivity index (χ1n) is 10.4. The zero-order valence-electron chi connectivity index (χ0n) is 16.8. The van der Waals surface area contributed by atoms with Gasteiger partial charge in [0.1, 0.15) is 5.82 Å². The third kappa shape index (κ3) is 2.82. The summed E-state index contributed by atoms with van der Waals surface area (Å²) in [6, 6.07) is 7.52. The van der Waals surface area contributed by atoms with Gasteiger partial charge in [-0.25, -0.2) is 4.39 Å². The fourth-order valence-electron chi connectivity index (χ4n) is 4.48. The number of rotatable bonds is 6. The highest BCUT2D eigenvalue weighted by molar-refractivity contribution is 6.27. The lowest BCUT2D eigenvalue weighted by atomic mass is 10.0. The highest BCUT2D eigenvalue weighted by atomic mass is 19.1. The Kier molecular flexibility index (Phi) is 4.57. The minimum Gasteiger partial charge on any atom is -0.454 e. The van der Waals surface area contributed by atoms with Crippen LogP contribution >= 0.6 is 0 Å². The van der Waals surface area contributed by atoms with E-state index >= 15 is 0 Å². The van der Waals surface area contributed by atoms with Gasteiger partial charge in [0.05, 0.1) is 16.6 Å². The van der Waals surface area contributed by atoms with Crippen molar-refractivity contribution in [1.82, 2.24) is 4.57 Å². The molecule has 2 aliphatic rings. The average Bonchev–Trinajstić information content (AvgIpc) is 3.31. The summed E-state index contributed by atoms with van der Waals surface area (Å²) >= 11 is 0. The van der Waals surface area contributed by atoms with Crippen molar-refractivity contribution < 1.29 is 18.7 Å². The first-order valence-corrected chi connectivity index (χ1v) is 10.4. The number of aromatic nitrogens is 1. The molecule has 30 heavy (non-hydrogen) atoms. The number of benzene rings is 2. The molecule has 0 amide bonds. The van der Waals surface area contributed by atoms with Crippen LogP contribution in [0.2, 0.25) is 0 Å². The molecule has 0 saturated heterocycles. The Morgan fingerprint density at radius 2 is 1.67 bits per heavy atom. The zero-order chi connectivity index (χ0) is 20.8. The summed E-state index contributed by atoms with van der Waals surface area (Å²) in [6.45, 7) is 2.75. The average molecular weight is 407 g/mol. The molecular weight excluding hydrogens is 385 g/mol. The monoisotopic (exact) mass is 407 g/mol. The molecule has 1 aromatic heterocycles. The number of carbonyl (C=O) groups is 1. The van der Waals surface area contributed by atoms with E-state index in [1.807, 2.05) is 0 Å². The van der Waals surface area contributed by atoms with Crippen molar-refractivity contribution in [2.75, 3.05) is 6.79 Å². The summed E-state index contributed by atoms with van der Waals surface area (Å²) in [5.41, 5.74) is 1.96. The van der Waals surface area contributed by atoms with E-state index in [0.29, 0.717) is 45.8 Å². The standard InChI is InChI=1S/C24H22FNO4/c1-2-3-4-5-6-9-26-22-16-11-19-20(30-13-29-19)12-17(16)23(27)21(22)15-8-7-14(25)10-18(15)24(26)28/h7-8,10-12H,2-6,9,13H2,1H3. The third-order valence-corrected chi connectivity index (χ3v) is 5.96. The fraction of sp³-hybridized carbons (Fsp3) is 0.333. The fourth-order valence-corrected chi connectivity index (χ4v) is 4.48. The van der Waals surface area contributed by atoms with Gasteiger partial charge in [-0.1, -0.05) is 38.7 Å². The van der Waals surface area contributed by atoms with E-state index in [1.165, 1.54) is 18.2 Å². The highest BCUT2D eigenvalue weighted by Crippen LogP contribution is 2.45. The molecule has 1 aliphatic carbocycles. The molecule has 1 aliphatic heterocycles. The number of carbonyl (C=O) groups excluding carboxylic acids is 1. The number of hydrogen-bond acceptors (Lipinski definition) is 4. The van der Waals surface area contributed by atoms with Crippen LogP contribution in [-0.4, -0.2) is 17.1 Å². The normalized spacial score (nSPS) is 13.7. The van der Waals surface area contributed by atoms with Gasteiger partial charge >= 0.3 is 0 Å². The maximum absolute atomic E-state index is 13.9. The number of fused-ring (bicyclic) bond motifs is 6. The van der Waals surface area contributed by atoms with Crippen LogP contribution < -0.4 is 15.0 Å². The van der Waals surface area contributed by atoms with E-state index in [2.05, 4.69) is 6.92 Å². The molecule has 2 heterocycles. The third-order valence-electron chi connectivity index (χ3n) is 5.96. The van der Waals surface area contributed by atoms with Crippen molar-refractivity contribution in [2.45, 2.75) is 45.6 Å². The number of halogens is 1. The van der Waals surface area contributed by atoms with Crippen LogP contribution in [0.5, 0.6) is 11.5 Å². The predicted octanol–water partition coefficient (Wildman–Crippen LogP) is 5.05. The summed E-state index contributed by atoms with van der Waals surface area (Å²) in [5, 5.41) is 0.727. The molecule has 0 unspecified atom stereocenters. The van der Waals surface area contributed by atoms with Crippen molar-refractivity contribution in [3.63, 3.8) is 0 Å². The van der Waals surface area contributed by atoms with Gasteiger partial charge < -0.3 is 14.0 Å². The van der Waals surface area contributed by atoms with E-state index < -0.39 is 5.82 Å². The first kappa shape index (κ1) is 18.9. The molecule has 5 nitrogen and oxygen atoms in total. The number of hydrogen-bond donors (Lipinski definition) is 0. The molecule has 3 aromatic rings. The van der Waals surface area contributed by atoms with Gasteiger partial charge in [-0.15, -0.1) is 0 Å². The summed E-state index contributed by atoms with van der Waals surface area (Å²) in [4.78, 5) is 26.7. The van der Waals surface area contributed by atoms with Crippen molar-refractivity contribution in [2.24, 2.45) is 0 Å². The van der Waals surface area contributed by atoms with Crippen LogP contribution in [-0.2, 0) is 6.54 Å². The Labute approximate surface area is 173 Å². The largest absolute Gasteiger partial charge is 0.454 e. The van der Waals surface area contributed by atoms with Crippen molar-refractivity contribution >= 4 is 16.6 Å². The molecule has 0 atom stereocenters. The van der Waals surface area contributed by atoms with Gasteiger partial charge in [0.15, 0.2) is 17.3 Å². The van der Waals surface area contributed by atoms with E-state index in [9.17, 15) is 14.0 Å². The Morgan fingerprint density at radius 3 is 2.43 bits per heavy atom. The Morgan fingerprint density at radius 1 is 0.933 bits per heavy atom. The van der Waals surface area contributed by atoms with Crippen molar-refractivity contribution in [1.29, 1.82) is 0 Å². The first-order chi connectivity index (χ1) is 14.6. The quantitative estimate of drug-likeness (QED) is 0.420. The van der Waals surface area contributed by atoms with Crippen LogP contribution in [0.15, 0.2) is 35.1 Å². The Balaban J connectivity index is 1.71. The molecule has 0 bridgehead atoms. The van der Waals surface area contributed by atoms with Gasteiger partial charge in [0, 0.05) is 23.1 Å². The SMILES string of the molecule is CCCCCCCn1c2c(c3ccc(F)cc3c1=O)C(=O)c1cc3c(cc1-2)OCO3. The second-order valence-electron chi connectivity index (χ2n) is 7.86. The second-order valence-corrected chi connectivity index (χ2v) is 7.86. The zero-order valence-corrected chi connectivity index (χ0v) is 16.8.